The van der Waals surface area contributed by atoms with Crippen LogP contribution in [0, 0.1) is 0 Å². The lowest BCUT2D eigenvalue weighted by atomic mass is 10.0. The molecule has 1 aromatic carbocycles. The third-order valence-corrected chi connectivity index (χ3v) is 3.24. The van der Waals surface area contributed by atoms with Crippen molar-refractivity contribution in [3.63, 3.8) is 0 Å². The molecule has 0 heterocycles. The zero-order valence-corrected chi connectivity index (χ0v) is 11.4. The third-order valence-electron chi connectivity index (χ3n) is 3.24. The van der Waals surface area contributed by atoms with Gasteiger partial charge in [0.1, 0.15) is 0 Å². The predicted octanol–water partition coefficient (Wildman–Crippen LogP) is 4.18. The van der Waals surface area contributed by atoms with Gasteiger partial charge in [0, 0.05) is 6.04 Å². The van der Waals surface area contributed by atoms with Crippen LogP contribution in [0.2, 0.25) is 0 Å². The third kappa shape index (κ3) is 6.48. The molecular formula is C16H27N. The SMILES string of the molecule is CCCC(CCCCc1ccccc1)NCC. The number of aryl methyl sites for hydroxylation is 1. The van der Waals surface area contributed by atoms with Crippen LogP contribution in [-0.4, -0.2) is 12.6 Å². The molecule has 1 atom stereocenters. The maximum Gasteiger partial charge on any atom is 0.00668 e. The van der Waals surface area contributed by atoms with E-state index in [-0.39, 0.29) is 0 Å². The van der Waals surface area contributed by atoms with Crippen LogP contribution < -0.4 is 5.32 Å². The van der Waals surface area contributed by atoms with Crippen molar-refractivity contribution in [2.75, 3.05) is 6.54 Å². The first-order valence-corrected chi connectivity index (χ1v) is 7.14. The molecule has 0 radical (unpaired) electrons. The fourth-order valence-electron chi connectivity index (χ4n) is 2.35. The van der Waals surface area contributed by atoms with Crippen LogP contribution in [0.25, 0.3) is 0 Å². The molecular weight excluding hydrogens is 206 g/mol. The molecule has 0 aliphatic carbocycles. The molecule has 0 saturated carbocycles. The van der Waals surface area contributed by atoms with Crippen molar-refractivity contribution < 1.29 is 0 Å². The Morgan fingerprint density at radius 1 is 1.00 bits per heavy atom. The Bertz CT molecular complexity index is 262. The smallest absolute Gasteiger partial charge is 0.00668 e. The summed E-state index contributed by atoms with van der Waals surface area (Å²) in [7, 11) is 0. The second-order valence-electron chi connectivity index (χ2n) is 4.77. The summed E-state index contributed by atoms with van der Waals surface area (Å²) < 4.78 is 0. The van der Waals surface area contributed by atoms with Crippen LogP contribution in [0.1, 0.15) is 51.5 Å². The Balaban J connectivity index is 2.13. The summed E-state index contributed by atoms with van der Waals surface area (Å²) in [4.78, 5) is 0. The van der Waals surface area contributed by atoms with Gasteiger partial charge in [0.15, 0.2) is 0 Å². The lowest BCUT2D eigenvalue weighted by Crippen LogP contribution is -2.28. The second kappa shape index (κ2) is 9.23. The standard InChI is InChI=1S/C16H27N/c1-3-10-16(17-4-2)14-9-8-13-15-11-6-5-7-12-15/h5-7,11-12,16-17H,3-4,8-10,13-14H2,1-2H3. The maximum atomic E-state index is 3.58. The summed E-state index contributed by atoms with van der Waals surface area (Å²) in [5.74, 6) is 0. The highest BCUT2D eigenvalue weighted by molar-refractivity contribution is 5.14. The minimum absolute atomic E-state index is 0.737. The Hall–Kier alpha value is -0.820. The van der Waals surface area contributed by atoms with Crippen molar-refractivity contribution in [3.8, 4) is 0 Å². The fraction of sp³-hybridized carbons (Fsp3) is 0.625. The van der Waals surface area contributed by atoms with Crippen LogP contribution in [0.5, 0.6) is 0 Å². The van der Waals surface area contributed by atoms with Gasteiger partial charge in [-0.15, -0.1) is 0 Å². The number of rotatable bonds is 9. The van der Waals surface area contributed by atoms with E-state index in [0.29, 0.717) is 0 Å². The van der Waals surface area contributed by atoms with Gasteiger partial charge in [0.05, 0.1) is 0 Å². The monoisotopic (exact) mass is 233 g/mol. The van der Waals surface area contributed by atoms with Gasteiger partial charge >= 0.3 is 0 Å². The van der Waals surface area contributed by atoms with E-state index < -0.39 is 0 Å². The summed E-state index contributed by atoms with van der Waals surface area (Å²) in [6.45, 7) is 5.57. The summed E-state index contributed by atoms with van der Waals surface area (Å²) in [6, 6.07) is 11.6. The van der Waals surface area contributed by atoms with Gasteiger partial charge in [-0.1, -0.05) is 57.0 Å². The largest absolute Gasteiger partial charge is 0.314 e. The first kappa shape index (κ1) is 14.2. The molecule has 0 aliphatic heterocycles. The van der Waals surface area contributed by atoms with Crippen LogP contribution >= 0.6 is 0 Å². The van der Waals surface area contributed by atoms with Crippen LogP contribution in [-0.2, 0) is 6.42 Å². The lowest BCUT2D eigenvalue weighted by Gasteiger charge is -2.16. The minimum atomic E-state index is 0.737. The van der Waals surface area contributed by atoms with Crippen molar-refractivity contribution in [2.24, 2.45) is 0 Å². The maximum absolute atomic E-state index is 3.58. The topological polar surface area (TPSA) is 12.0 Å². The Labute approximate surface area is 107 Å². The fourth-order valence-corrected chi connectivity index (χ4v) is 2.35. The molecule has 0 aliphatic rings. The molecule has 1 N–H and O–H groups in total. The van der Waals surface area contributed by atoms with Crippen molar-refractivity contribution in [2.45, 2.75) is 58.4 Å². The van der Waals surface area contributed by atoms with Gasteiger partial charge in [-0.3, -0.25) is 0 Å². The molecule has 0 saturated heterocycles. The molecule has 0 bridgehead atoms. The Kier molecular flexibility index (Phi) is 7.74. The number of unbranched alkanes of at least 4 members (excludes halogenated alkanes) is 1. The van der Waals surface area contributed by atoms with Crippen molar-refractivity contribution in [1.82, 2.24) is 5.32 Å². The minimum Gasteiger partial charge on any atom is -0.314 e. The van der Waals surface area contributed by atoms with Crippen molar-refractivity contribution >= 4 is 0 Å². The van der Waals surface area contributed by atoms with Crippen LogP contribution in [0.15, 0.2) is 30.3 Å². The molecule has 1 heteroatoms. The van der Waals surface area contributed by atoms with Crippen molar-refractivity contribution in [3.05, 3.63) is 35.9 Å². The first-order chi connectivity index (χ1) is 8.36. The lowest BCUT2D eigenvalue weighted by molar-refractivity contribution is 0.441. The Morgan fingerprint density at radius 3 is 2.41 bits per heavy atom. The van der Waals surface area contributed by atoms with E-state index in [1.807, 2.05) is 0 Å². The van der Waals surface area contributed by atoms with Crippen LogP contribution in [0.3, 0.4) is 0 Å². The van der Waals surface area contributed by atoms with E-state index in [1.165, 1.54) is 44.1 Å². The van der Waals surface area contributed by atoms with Gasteiger partial charge in [-0.2, -0.15) is 0 Å². The molecule has 0 amide bonds. The summed E-state index contributed by atoms with van der Waals surface area (Å²) >= 11 is 0. The van der Waals surface area contributed by atoms with Gasteiger partial charge in [0.25, 0.3) is 0 Å². The van der Waals surface area contributed by atoms with E-state index in [1.54, 1.807) is 0 Å². The van der Waals surface area contributed by atoms with E-state index in [9.17, 15) is 0 Å². The predicted molar refractivity (Wildman–Crippen MR) is 76.4 cm³/mol. The molecule has 0 spiro atoms. The van der Waals surface area contributed by atoms with Gasteiger partial charge in [-0.25, -0.2) is 0 Å². The molecule has 0 aromatic heterocycles. The zero-order chi connectivity index (χ0) is 12.3. The average Bonchev–Trinajstić information content (AvgIpc) is 2.36. The number of hydrogen-bond donors (Lipinski definition) is 1. The number of nitrogens with one attached hydrogen (secondary N) is 1. The van der Waals surface area contributed by atoms with Gasteiger partial charge in [0.2, 0.25) is 0 Å². The molecule has 0 fully saturated rings. The highest BCUT2D eigenvalue weighted by Crippen LogP contribution is 2.10. The van der Waals surface area contributed by atoms with E-state index in [4.69, 9.17) is 0 Å². The summed E-state index contributed by atoms with van der Waals surface area (Å²) in [5.41, 5.74) is 1.47. The summed E-state index contributed by atoms with van der Waals surface area (Å²) in [5, 5.41) is 3.58. The Morgan fingerprint density at radius 2 is 1.76 bits per heavy atom. The highest BCUT2D eigenvalue weighted by atomic mass is 14.9. The summed E-state index contributed by atoms with van der Waals surface area (Å²) in [6.07, 6.45) is 7.82. The molecule has 17 heavy (non-hydrogen) atoms. The molecule has 1 aromatic rings. The number of hydrogen-bond acceptors (Lipinski definition) is 1. The molecule has 1 rings (SSSR count). The van der Waals surface area contributed by atoms with E-state index in [2.05, 4.69) is 49.5 Å². The van der Waals surface area contributed by atoms with Crippen LogP contribution in [0.4, 0.5) is 0 Å². The number of benzene rings is 1. The normalized spacial score (nSPS) is 12.6. The average molecular weight is 233 g/mol. The van der Waals surface area contributed by atoms with Gasteiger partial charge < -0.3 is 5.32 Å². The van der Waals surface area contributed by atoms with Crippen molar-refractivity contribution in [1.29, 1.82) is 0 Å². The quantitative estimate of drug-likeness (QED) is 0.631. The molecule has 1 unspecified atom stereocenters. The first-order valence-electron chi connectivity index (χ1n) is 7.14. The van der Waals surface area contributed by atoms with E-state index in [0.717, 1.165) is 12.6 Å². The zero-order valence-electron chi connectivity index (χ0n) is 11.4. The highest BCUT2D eigenvalue weighted by Gasteiger charge is 2.05. The second-order valence-corrected chi connectivity index (χ2v) is 4.77. The molecule has 1 nitrogen and oxygen atoms in total. The van der Waals surface area contributed by atoms with E-state index >= 15 is 0 Å². The molecule has 96 valence electrons. The van der Waals surface area contributed by atoms with Gasteiger partial charge in [-0.05, 0) is 37.8 Å².